The molecule has 96 valence electrons. The highest BCUT2D eigenvalue weighted by Crippen LogP contribution is 2.16. The van der Waals surface area contributed by atoms with Crippen molar-refractivity contribution in [2.75, 3.05) is 30.8 Å². The van der Waals surface area contributed by atoms with Crippen molar-refractivity contribution in [3.63, 3.8) is 0 Å². The summed E-state index contributed by atoms with van der Waals surface area (Å²) in [6.45, 7) is 3.65. The van der Waals surface area contributed by atoms with Gasteiger partial charge in [-0.25, -0.2) is 4.98 Å². The van der Waals surface area contributed by atoms with E-state index in [9.17, 15) is 4.79 Å². The normalized spacial score (nSPS) is 10.7. The molecule has 2 heterocycles. The summed E-state index contributed by atoms with van der Waals surface area (Å²) in [6.07, 6.45) is 1.53. The highest BCUT2D eigenvalue weighted by atomic mass is 16.5. The van der Waals surface area contributed by atoms with Gasteiger partial charge in [-0.1, -0.05) is 0 Å². The first-order valence-electron chi connectivity index (χ1n) is 5.69. The van der Waals surface area contributed by atoms with Crippen LogP contribution in [0.1, 0.15) is 6.92 Å². The van der Waals surface area contributed by atoms with Crippen molar-refractivity contribution in [3.8, 4) is 0 Å². The topological polar surface area (TPSA) is 106 Å². The number of fused-ring (bicyclic) bond motifs is 1. The van der Waals surface area contributed by atoms with Crippen molar-refractivity contribution in [1.29, 1.82) is 0 Å². The molecule has 0 aromatic carbocycles. The van der Waals surface area contributed by atoms with Crippen LogP contribution in [0, 0.1) is 0 Å². The minimum atomic E-state index is -0.244. The number of nitrogens with one attached hydrogen (secondary N) is 2. The van der Waals surface area contributed by atoms with Gasteiger partial charge in [0.15, 0.2) is 0 Å². The standard InChI is InChI=1S/C11H15N5O2/c1-2-18-6-5-13-9-8-7(15-11(12)16-9)3-4-14-10(8)17/h3-4H,2,5-6H2,1H3,(H,14,17)(H3,12,13,15,16). The first kappa shape index (κ1) is 12.3. The summed E-state index contributed by atoms with van der Waals surface area (Å²) in [6, 6.07) is 1.68. The van der Waals surface area contributed by atoms with Gasteiger partial charge in [0, 0.05) is 19.3 Å². The molecule has 7 nitrogen and oxygen atoms in total. The molecule has 0 aliphatic heterocycles. The van der Waals surface area contributed by atoms with E-state index >= 15 is 0 Å². The van der Waals surface area contributed by atoms with Crippen LogP contribution in [0.25, 0.3) is 10.9 Å². The summed E-state index contributed by atoms with van der Waals surface area (Å²) in [5.41, 5.74) is 5.87. The van der Waals surface area contributed by atoms with Crippen molar-refractivity contribution in [2.45, 2.75) is 6.92 Å². The van der Waals surface area contributed by atoms with Crippen molar-refractivity contribution in [2.24, 2.45) is 0 Å². The average Bonchev–Trinajstić information content (AvgIpc) is 2.34. The lowest BCUT2D eigenvalue weighted by molar-refractivity contribution is 0.158. The number of aromatic amines is 1. The third kappa shape index (κ3) is 2.57. The predicted octanol–water partition coefficient (Wildman–Crippen LogP) is 0.349. The first-order chi connectivity index (χ1) is 8.72. The molecule has 2 aromatic rings. The smallest absolute Gasteiger partial charge is 0.261 e. The van der Waals surface area contributed by atoms with Crippen molar-refractivity contribution >= 4 is 22.7 Å². The van der Waals surface area contributed by atoms with E-state index in [4.69, 9.17) is 10.5 Å². The van der Waals surface area contributed by atoms with Crippen LogP contribution in [0.2, 0.25) is 0 Å². The van der Waals surface area contributed by atoms with E-state index in [0.717, 1.165) is 0 Å². The number of anilines is 2. The van der Waals surface area contributed by atoms with E-state index in [2.05, 4.69) is 20.3 Å². The van der Waals surface area contributed by atoms with E-state index in [0.29, 0.717) is 36.5 Å². The van der Waals surface area contributed by atoms with Crippen LogP contribution in [-0.4, -0.2) is 34.7 Å². The molecule has 4 N–H and O–H groups in total. The highest BCUT2D eigenvalue weighted by molar-refractivity contribution is 5.88. The lowest BCUT2D eigenvalue weighted by atomic mass is 10.3. The number of nitrogens with zero attached hydrogens (tertiary/aromatic N) is 2. The summed E-state index contributed by atoms with van der Waals surface area (Å²) >= 11 is 0. The number of rotatable bonds is 5. The molecule has 18 heavy (non-hydrogen) atoms. The summed E-state index contributed by atoms with van der Waals surface area (Å²) in [5, 5.41) is 3.43. The van der Waals surface area contributed by atoms with Gasteiger partial charge in [0.1, 0.15) is 11.2 Å². The number of nitrogens with two attached hydrogens (primary N) is 1. The monoisotopic (exact) mass is 249 g/mol. The van der Waals surface area contributed by atoms with Crippen LogP contribution in [0.5, 0.6) is 0 Å². The fourth-order valence-electron chi connectivity index (χ4n) is 1.62. The molecule has 0 radical (unpaired) electrons. The second-order valence-electron chi connectivity index (χ2n) is 3.62. The molecule has 0 amide bonds. The van der Waals surface area contributed by atoms with Crippen LogP contribution in [0.4, 0.5) is 11.8 Å². The Morgan fingerprint density at radius 3 is 3.11 bits per heavy atom. The van der Waals surface area contributed by atoms with E-state index in [1.807, 2.05) is 6.92 Å². The zero-order valence-electron chi connectivity index (χ0n) is 10.1. The van der Waals surface area contributed by atoms with Gasteiger partial charge < -0.3 is 20.8 Å². The number of hydrogen-bond acceptors (Lipinski definition) is 6. The number of nitrogen functional groups attached to an aromatic ring is 1. The largest absolute Gasteiger partial charge is 0.380 e. The molecule has 0 fully saturated rings. The van der Waals surface area contributed by atoms with Gasteiger partial charge in [-0.3, -0.25) is 4.79 Å². The second kappa shape index (κ2) is 5.46. The summed E-state index contributed by atoms with van der Waals surface area (Å²) in [7, 11) is 0. The van der Waals surface area contributed by atoms with Gasteiger partial charge in [0.2, 0.25) is 5.95 Å². The van der Waals surface area contributed by atoms with Gasteiger partial charge in [0.25, 0.3) is 5.56 Å². The lowest BCUT2D eigenvalue weighted by Gasteiger charge is -2.08. The van der Waals surface area contributed by atoms with E-state index in [-0.39, 0.29) is 11.5 Å². The van der Waals surface area contributed by atoms with Gasteiger partial charge in [-0.15, -0.1) is 0 Å². The molecule has 2 rings (SSSR count). The van der Waals surface area contributed by atoms with Crippen LogP contribution in [0.15, 0.2) is 17.1 Å². The van der Waals surface area contributed by atoms with Gasteiger partial charge in [0.05, 0.1) is 12.1 Å². The van der Waals surface area contributed by atoms with E-state index in [1.165, 1.54) is 6.20 Å². The molecule has 2 aromatic heterocycles. The Bertz CT molecular complexity index is 595. The van der Waals surface area contributed by atoms with Crippen LogP contribution >= 0.6 is 0 Å². The van der Waals surface area contributed by atoms with Crippen molar-refractivity contribution < 1.29 is 4.74 Å². The zero-order chi connectivity index (χ0) is 13.0. The van der Waals surface area contributed by atoms with Crippen LogP contribution < -0.4 is 16.6 Å². The minimum absolute atomic E-state index is 0.131. The number of aromatic nitrogens is 3. The zero-order valence-corrected chi connectivity index (χ0v) is 10.1. The van der Waals surface area contributed by atoms with Crippen LogP contribution in [-0.2, 0) is 4.74 Å². The van der Waals surface area contributed by atoms with E-state index in [1.54, 1.807) is 6.07 Å². The molecule has 7 heteroatoms. The number of hydrogen-bond donors (Lipinski definition) is 3. The molecule has 0 saturated heterocycles. The van der Waals surface area contributed by atoms with Gasteiger partial charge >= 0.3 is 0 Å². The number of H-pyrrole nitrogens is 1. The number of ether oxygens (including phenoxy) is 1. The second-order valence-corrected chi connectivity index (χ2v) is 3.62. The minimum Gasteiger partial charge on any atom is -0.380 e. The average molecular weight is 249 g/mol. The van der Waals surface area contributed by atoms with Gasteiger partial charge in [-0.05, 0) is 13.0 Å². The Balaban J connectivity index is 2.33. The predicted molar refractivity (Wildman–Crippen MR) is 69.6 cm³/mol. The highest BCUT2D eigenvalue weighted by Gasteiger charge is 2.08. The number of pyridine rings is 1. The molecular weight excluding hydrogens is 234 g/mol. The third-order valence-corrected chi connectivity index (χ3v) is 2.38. The van der Waals surface area contributed by atoms with Crippen molar-refractivity contribution in [1.82, 2.24) is 15.0 Å². The molecule has 0 aliphatic rings. The quantitative estimate of drug-likeness (QED) is 0.660. The molecule has 0 atom stereocenters. The molecule has 0 unspecified atom stereocenters. The fraction of sp³-hybridized carbons (Fsp3) is 0.364. The van der Waals surface area contributed by atoms with E-state index < -0.39 is 0 Å². The maximum Gasteiger partial charge on any atom is 0.261 e. The SMILES string of the molecule is CCOCCNc1nc(N)nc2cc[nH]c(=O)c12. The molecular formula is C11H15N5O2. The Morgan fingerprint density at radius 2 is 2.33 bits per heavy atom. The maximum atomic E-state index is 11.8. The molecule has 0 spiro atoms. The molecule has 0 saturated carbocycles. The molecule has 0 bridgehead atoms. The first-order valence-corrected chi connectivity index (χ1v) is 5.69. The summed E-state index contributed by atoms with van der Waals surface area (Å²) in [4.78, 5) is 22.4. The summed E-state index contributed by atoms with van der Waals surface area (Å²) < 4.78 is 5.20. The Labute approximate surface area is 103 Å². The van der Waals surface area contributed by atoms with Crippen LogP contribution in [0.3, 0.4) is 0 Å². The Kier molecular flexibility index (Phi) is 3.73. The maximum absolute atomic E-state index is 11.8. The Hall–Kier alpha value is -2.15. The molecule has 0 aliphatic carbocycles. The third-order valence-electron chi connectivity index (χ3n) is 2.38. The Morgan fingerprint density at radius 1 is 1.50 bits per heavy atom. The summed E-state index contributed by atoms with van der Waals surface area (Å²) in [5.74, 6) is 0.561. The fourth-order valence-corrected chi connectivity index (χ4v) is 1.62. The lowest BCUT2D eigenvalue weighted by Crippen LogP contribution is -2.15. The van der Waals surface area contributed by atoms with Crippen molar-refractivity contribution in [3.05, 3.63) is 22.6 Å². The van der Waals surface area contributed by atoms with Gasteiger partial charge in [-0.2, -0.15) is 4.98 Å².